The Balaban J connectivity index is 0.00000166. The van der Waals surface area contributed by atoms with E-state index in [1.165, 1.54) is 18.2 Å². The van der Waals surface area contributed by atoms with Crippen molar-refractivity contribution in [2.24, 2.45) is 5.73 Å². The lowest BCUT2D eigenvalue weighted by Gasteiger charge is -2.09. The summed E-state index contributed by atoms with van der Waals surface area (Å²) in [5.74, 6) is -0.529. The highest BCUT2D eigenvalue weighted by molar-refractivity contribution is 6.41. The molecule has 0 fully saturated rings. The molecule has 0 radical (unpaired) electrons. The van der Waals surface area contributed by atoms with Crippen LogP contribution in [0.4, 0.5) is 10.5 Å². The van der Waals surface area contributed by atoms with Crippen molar-refractivity contribution < 1.29 is 29.0 Å². The highest BCUT2D eigenvalue weighted by Gasteiger charge is 2.26. The molecular formula is C21H22Cl2N2O6. The number of anilines is 1. The van der Waals surface area contributed by atoms with Crippen LogP contribution in [-0.2, 0) is 0 Å². The summed E-state index contributed by atoms with van der Waals surface area (Å²) in [5.41, 5.74) is 5.54. The van der Waals surface area contributed by atoms with Gasteiger partial charge in [0.1, 0.15) is 29.7 Å². The van der Waals surface area contributed by atoms with Gasteiger partial charge in [0.25, 0.3) is 0 Å². The van der Waals surface area contributed by atoms with E-state index in [4.69, 9.17) is 43.2 Å². The third kappa shape index (κ3) is 5.68. The molecule has 0 aliphatic rings. The zero-order valence-electron chi connectivity index (χ0n) is 16.8. The SMILES string of the molecule is CC.NC(=O)Nc1c(C(=O)c2c(Cl)cccc2Cl)oc2cc(OCC(O)CO)ccc12. The molecule has 8 nitrogen and oxygen atoms in total. The zero-order valence-corrected chi connectivity index (χ0v) is 18.3. The standard InChI is InChI=1S/C19H16Cl2N2O6.C2H6/c20-12-2-1-3-13(21)15(12)17(26)18-16(23-19(22)27)11-5-4-10(6-14(11)29-18)28-8-9(25)7-24;1-2/h1-6,9,24-25H,7-8H2,(H3,22,23,27);1-2H3. The summed E-state index contributed by atoms with van der Waals surface area (Å²) in [6.45, 7) is 3.41. The molecule has 0 aliphatic heterocycles. The summed E-state index contributed by atoms with van der Waals surface area (Å²) in [4.78, 5) is 24.5. The van der Waals surface area contributed by atoms with Gasteiger partial charge in [0.05, 0.1) is 22.2 Å². The predicted octanol–water partition coefficient (Wildman–Crippen LogP) is 4.22. The van der Waals surface area contributed by atoms with Crippen LogP contribution in [0.1, 0.15) is 30.0 Å². The normalized spacial score (nSPS) is 11.4. The summed E-state index contributed by atoms with van der Waals surface area (Å²) < 4.78 is 11.0. The van der Waals surface area contributed by atoms with Crippen molar-refractivity contribution >= 4 is 51.7 Å². The number of amides is 2. The minimum absolute atomic E-state index is 0.0185. The summed E-state index contributed by atoms with van der Waals surface area (Å²) in [6, 6.07) is 8.27. The third-order valence-electron chi connectivity index (χ3n) is 3.96. The number of halogens is 2. The molecule has 3 rings (SSSR count). The van der Waals surface area contributed by atoms with Gasteiger partial charge in [0, 0.05) is 11.5 Å². The van der Waals surface area contributed by atoms with Crippen LogP contribution >= 0.6 is 23.2 Å². The van der Waals surface area contributed by atoms with Crippen LogP contribution in [0.25, 0.3) is 11.0 Å². The van der Waals surface area contributed by atoms with Crippen molar-refractivity contribution in [3.8, 4) is 5.75 Å². The number of carbonyl (C=O) groups excluding carboxylic acids is 2. The lowest BCUT2D eigenvalue weighted by Crippen LogP contribution is -2.21. The smallest absolute Gasteiger partial charge is 0.316 e. The molecule has 1 atom stereocenters. The predicted molar refractivity (Wildman–Crippen MR) is 119 cm³/mol. The number of urea groups is 1. The minimum Gasteiger partial charge on any atom is -0.491 e. The second-order valence-corrected chi connectivity index (χ2v) is 6.84. The summed E-state index contributed by atoms with van der Waals surface area (Å²) in [6.07, 6.45) is -1.05. The molecule has 0 saturated carbocycles. The fourth-order valence-corrected chi connectivity index (χ4v) is 3.22. The molecule has 5 N–H and O–H groups in total. The van der Waals surface area contributed by atoms with E-state index in [1.54, 1.807) is 18.2 Å². The van der Waals surface area contributed by atoms with Gasteiger partial charge in [-0.05, 0) is 24.3 Å². The molecular weight excluding hydrogens is 447 g/mol. The van der Waals surface area contributed by atoms with Gasteiger partial charge in [-0.15, -0.1) is 0 Å². The van der Waals surface area contributed by atoms with E-state index in [2.05, 4.69) is 5.32 Å². The number of ketones is 1. The molecule has 3 aromatic rings. The van der Waals surface area contributed by atoms with Gasteiger partial charge in [-0.1, -0.05) is 43.1 Å². The molecule has 0 saturated heterocycles. The molecule has 166 valence electrons. The number of ether oxygens (including phenoxy) is 1. The number of furan rings is 1. The molecule has 31 heavy (non-hydrogen) atoms. The van der Waals surface area contributed by atoms with Gasteiger partial charge < -0.3 is 30.4 Å². The number of nitrogens with two attached hydrogens (primary N) is 1. The van der Waals surface area contributed by atoms with Gasteiger partial charge in [0.15, 0.2) is 5.76 Å². The van der Waals surface area contributed by atoms with Crippen molar-refractivity contribution in [3.63, 3.8) is 0 Å². The maximum Gasteiger partial charge on any atom is 0.316 e. The third-order valence-corrected chi connectivity index (χ3v) is 4.59. The first-order chi connectivity index (χ1) is 14.8. The van der Waals surface area contributed by atoms with Crippen LogP contribution in [0.2, 0.25) is 10.0 Å². The maximum absolute atomic E-state index is 13.1. The number of nitrogens with one attached hydrogen (secondary N) is 1. The molecule has 2 amide bonds. The van der Waals surface area contributed by atoms with Crippen LogP contribution in [0.5, 0.6) is 5.75 Å². The lowest BCUT2D eigenvalue weighted by molar-refractivity contribution is 0.0536. The van der Waals surface area contributed by atoms with E-state index in [9.17, 15) is 14.7 Å². The van der Waals surface area contributed by atoms with Crippen LogP contribution < -0.4 is 15.8 Å². The van der Waals surface area contributed by atoms with Crippen molar-refractivity contribution in [3.05, 3.63) is 57.8 Å². The van der Waals surface area contributed by atoms with Gasteiger partial charge in [-0.25, -0.2) is 4.79 Å². The Morgan fingerprint density at radius 2 is 1.84 bits per heavy atom. The van der Waals surface area contributed by atoms with Gasteiger partial charge in [-0.2, -0.15) is 0 Å². The Bertz CT molecular complexity index is 1060. The van der Waals surface area contributed by atoms with Crippen molar-refractivity contribution in [2.45, 2.75) is 20.0 Å². The van der Waals surface area contributed by atoms with Gasteiger partial charge in [-0.3, -0.25) is 4.79 Å². The topological polar surface area (TPSA) is 135 Å². The fraction of sp³-hybridized carbons (Fsp3) is 0.238. The first-order valence-corrected chi connectivity index (χ1v) is 10.1. The average Bonchev–Trinajstić information content (AvgIpc) is 3.10. The van der Waals surface area contributed by atoms with Crippen LogP contribution in [0.15, 0.2) is 40.8 Å². The minimum atomic E-state index is -1.05. The highest BCUT2D eigenvalue weighted by Crippen LogP contribution is 2.37. The summed E-state index contributed by atoms with van der Waals surface area (Å²) >= 11 is 12.2. The number of benzene rings is 2. The largest absolute Gasteiger partial charge is 0.491 e. The monoisotopic (exact) mass is 468 g/mol. The molecule has 1 aromatic heterocycles. The highest BCUT2D eigenvalue weighted by atomic mass is 35.5. The molecule has 2 aromatic carbocycles. The average molecular weight is 469 g/mol. The lowest BCUT2D eigenvalue weighted by atomic mass is 10.1. The Morgan fingerprint density at radius 1 is 1.19 bits per heavy atom. The number of fused-ring (bicyclic) bond motifs is 1. The number of aliphatic hydroxyl groups excluding tert-OH is 2. The van der Waals surface area contributed by atoms with Gasteiger partial charge >= 0.3 is 6.03 Å². The number of hydrogen-bond acceptors (Lipinski definition) is 6. The Labute approximate surface area is 188 Å². The fourth-order valence-electron chi connectivity index (χ4n) is 2.65. The number of aliphatic hydroxyl groups is 2. The molecule has 1 unspecified atom stereocenters. The van der Waals surface area contributed by atoms with E-state index in [-0.39, 0.29) is 39.2 Å². The Hall–Kier alpha value is -2.78. The molecule has 10 heteroatoms. The molecule has 0 spiro atoms. The number of carbonyl (C=O) groups is 2. The maximum atomic E-state index is 13.1. The van der Waals surface area contributed by atoms with Crippen molar-refractivity contribution in [1.29, 1.82) is 0 Å². The molecule has 0 bridgehead atoms. The quantitative estimate of drug-likeness (QED) is 0.383. The number of primary amides is 1. The van der Waals surface area contributed by atoms with E-state index < -0.39 is 24.5 Å². The number of rotatable bonds is 7. The second-order valence-electron chi connectivity index (χ2n) is 6.03. The van der Waals surface area contributed by atoms with Crippen molar-refractivity contribution in [2.75, 3.05) is 18.5 Å². The van der Waals surface area contributed by atoms with Crippen LogP contribution in [0, 0.1) is 0 Å². The van der Waals surface area contributed by atoms with Gasteiger partial charge in [0.2, 0.25) is 5.78 Å². The second kappa shape index (κ2) is 11.0. The molecule has 0 aliphatic carbocycles. The van der Waals surface area contributed by atoms with E-state index in [0.29, 0.717) is 11.1 Å². The van der Waals surface area contributed by atoms with E-state index in [0.717, 1.165) is 0 Å². The van der Waals surface area contributed by atoms with Crippen LogP contribution in [-0.4, -0.2) is 41.3 Å². The van der Waals surface area contributed by atoms with Crippen LogP contribution in [0.3, 0.4) is 0 Å². The Kier molecular flexibility index (Phi) is 8.70. The number of hydrogen-bond donors (Lipinski definition) is 4. The first-order valence-electron chi connectivity index (χ1n) is 9.35. The zero-order chi connectivity index (χ0) is 23.1. The van der Waals surface area contributed by atoms with Crippen molar-refractivity contribution in [1.82, 2.24) is 0 Å². The first kappa shape index (κ1) is 24.5. The molecule has 1 heterocycles. The Morgan fingerprint density at radius 3 is 2.42 bits per heavy atom. The summed E-state index contributed by atoms with van der Waals surface area (Å²) in [5, 5.41) is 21.3. The van der Waals surface area contributed by atoms with E-state index in [1.807, 2.05) is 13.8 Å². The summed E-state index contributed by atoms with van der Waals surface area (Å²) in [7, 11) is 0. The van der Waals surface area contributed by atoms with E-state index >= 15 is 0 Å².